The van der Waals surface area contributed by atoms with E-state index < -0.39 is 26.8 Å². The molecule has 1 fully saturated rings. The molecule has 2 heterocycles. The predicted octanol–water partition coefficient (Wildman–Crippen LogP) is 6.09. The zero-order chi connectivity index (χ0) is 30.0. The Kier molecular flexibility index (Phi) is 9.22. The highest BCUT2D eigenvalue weighted by molar-refractivity contribution is 7.89. The fourth-order valence-corrected chi connectivity index (χ4v) is 6.47. The van der Waals surface area contributed by atoms with Crippen LogP contribution in [0.2, 0.25) is 5.02 Å². The Hall–Kier alpha value is -2.86. The molecule has 0 radical (unpaired) electrons. The minimum absolute atomic E-state index is 0.0377. The smallest absolute Gasteiger partial charge is 0.416 e. The highest BCUT2D eigenvalue weighted by atomic mass is 35.5. The van der Waals surface area contributed by atoms with Crippen LogP contribution < -0.4 is 10.2 Å². The predicted molar refractivity (Wildman–Crippen MR) is 150 cm³/mol. The van der Waals surface area contributed by atoms with Crippen LogP contribution in [0.3, 0.4) is 0 Å². The first-order valence-electron chi connectivity index (χ1n) is 13.1. The lowest BCUT2D eigenvalue weighted by Crippen LogP contribution is -2.35. The van der Waals surface area contributed by atoms with E-state index in [1.807, 2.05) is 29.2 Å². The minimum atomic E-state index is -4.63. The van der Waals surface area contributed by atoms with Gasteiger partial charge in [-0.2, -0.15) is 17.5 Å². The number of benzene rings is 2. The first-order valence-corrected chi connectivity index (χ1v) is 14.9. The van der Waals surface area contributed by atoms with Crippen molar-refractivity contribution in [1.82, 2.24) is 9.21 Å². The van der Waals surface area contributed by atoms with Crippen LogP contribution >= 0.6 is 11.6 Å². The Morgan fingerprint density at radius 1 is 0.951 bits per heavy atom. The Balaban J connectivity index is 1.35. The number of hydrogen-bond acceptors (Lipinski definition) is 6. The van der Waals surface area contributed by atoms with Gasteiger partial charge in [0.15, 0.2) is 0 Å². The quantitative estimate of drug-likeness (QED) is 0.322. The van der Waals surface area contributed by atoms with E-state index in [4.69, 9.17) is 20.8 Å². The average Bonchev–Trinajstić information content (AvgIpc) is 3.13. The van der Waals surface area contributed by atoms with Crippen molar-refractivity contribution in [1.29, 1.82) is 0 Å². The Labute approximate surface area is 242 Å². The molecule has 41 heavy (non-hydrogen) atoms. The highest BCUT2D eigenvalue weighted by Crippen LogP contribution is 2.34. The van der Waals surface area contributed by atoms with Crippen molar-refractivity contribution in [2.45, 2.75) is 56.8 Å². The molecule has 12 heteroatoms. The molecule has 0 N–H and O–H groups in total. The van der Waals surface area contributed by atoms with Crippen LogP contribution in [0.25, 0.3) is 0 Å². The van der Waals surface area contributed by atoms with Crippen molar-refractivity contribution in [2.75, 3.05) is 26.2 Å². The van der Waals surface area contributed by atoms with E-state index in [9.17, 15) is 26.4 Å². The van der Waals surface area contributed by atoms with E-state index >= 15 is 0 Å². The van der Waals surface area contributed by atoms with Crippen molar-refractivity contribution in [3.63, 3.8) is 0 Å². The largest absolute Gasteiger partial charge is 0.482 e. The van der Waals surface area contributed by atoms with Gasteiger partial charge in [0.1, 0.15) is 23.5 Å². The molecule has 1 aliphatic rings. The molecule has 0 saturated carbocycles. The molecular weight excluding hydrogens is 581 g/mol. The Bertz CT molecular complexity index is 1530. The van der Waals surface area contributed by atoms with Crippen LogP contribution in [-0.4, -0.2) is 43.8 Å². The third-order valence-electron chi connectivity index (χ3n) is 6.87. The molecule has 1 saturated heterocycles. The molecule has 0 spiro atoms. The molecule has 222 valence electrons. The van der Waals surface area contributed by atoms with Gasteiger partial charge in [0, 0.05) is 25.7 Å². The Morgan fingerprint density at radius 2 is 1.63 bits per heavy atom. The molecule has 1 aromatic heterocycles. The van der Waals surface area contributed by atoms with Crippen LogP contribution in [0.1, 0.15) is 49.6 Å². The van der Waals surface area contributed by atoms with Crippen molar-refractivity contribution in [3.8, 4) is 5.75 Å². The maximum absolute atomic E-state index is 13.2. The Morgan fingerprint density at radius 3 is 2.24 bits per heavy atom. The fraction of sp³-hybridized carbons (Fsp3) is 0.414. The zero-order valence-corrected chi connectivity index (χ0v) is 24.6. The summed E-state index contributed by atoms with van der Waals surface area (Å²) >= 11 is 5.95. The zero-order valence-electron chi connectivity index (χ0n) is 23.0. The number of sulfonamides is 1. The monoisotopic (exact) mass is 612 g/mol. The van der Waals surface area contributed by atoms with Gasteiger partial charge in [0.2, 0.25) is 21.2 Å². The molecule has 0 unspecified atom stereocenters. The van der Waals surface area contributed by atoms with Crippen molar-refractivity contribution in [3.05, 3.63) is 92.5 Å². The minimum Gasteiger partial charge on any atom is -0.482 e. The van der Waals surface area contributed by atoms with Gasteiger partial charge in [-0.05, 0) is 47.7 Å². The molecule has 0 amide bonds. The van der Waals surface area contributed by atoms with Crippen LogP contribution in [0.15, 0.2) is 68.9 Å². The van der Waals surface area contributed by atoms with E-state index in [1.54, 1.807) is 0 Å². The lowest BCUT2D eigenvalue weighted by Gasteiger charge is -2.22. The summed E-state index contributed by atoms with van der Waals surface area (Å²) in [5.41, 5.74) is 0.811. The summed E-state index contributed by atoms with van der Waals surface area (Å²) in [6.07, 6.45) is -2.88. The molecule has 2 aromatic carbocycles. The number of hydrogen-bond donors (Lipinski definition) is 0. The van der Waals surface area contributed by atoms with Gasteiger partial charge in [-0.1, -0.05) is 56.6 Å². The SMILES string of the molecule is CC(C)(C)c1ccc(COc2coc(CN3CCCN(S(=O)(=O)c4ccc(C(F)(F)F)cc4Cl)CC3)cc2=O)cc1. The summed E-state index contributed by atoms with van der Waals surface area (Å²) in [5.74, 6) is 0.495. The summed E-state index contributed by atoms with van der Waals surface area (Å²) in [4.78, 5) is 14.2. The summed E-state index contributed by atoms with van der Waals surface area (Å²) in [5, 5.41) is -0.480. The number of halogens is 4. The molecule has 1 aliphatic heterocycles. The molecule has 7 nitrogen and oxygen atoms in total. The van der Waals surface area contributed by atoms with E-state index in [2.05, 4.69) is 20.8 Å². The van der Waals surface area contributed by atoms with Crippen molar-refractivity contribution in [2.24, 2.45) is 0 Å². The lowest BCUT2D eigenvalue weighted by atomic mass is 9.87. The summed E-state index contributed by atoms with van der Waals surface area (Å²) in [6.45, 7) is 8.01. The molecule has 0 bridgehead atoms. The standard InChI is InChI=1S/C29H32ClF3N2O5S/c1-28(2,3)21-7-5-20(6-8-21)18-40-26-19-39-23(16-25(26)36)17-34-11-4-12-35(14-13-34)41(37,38)27-10-9-22(15-24(27)30)29(31,32)33/h5-10,15-16,19H,4,11-14,17-18H2,1-3H3. The maximum atomic E-state index is 13.2. The number of alkyl halides is 3. The van der Waals surface area contributed by atoms with Crippen LogP contribution in [0.4, 0.5) is 13.2 Å². The van der Waals surface area contributed by atoms with Crippen LogP contribution in [0.5, 0.6) is 5.75 Å². The summed E-state index contributed by atoms with van der Waals surface area (Å²) < 4.78 is 77.8. The van der Waals surface area contributed by atoms with Crippen molar-refractivity contribution >= 4 is 21.6 Å². The second-order valence-electron chi connectivity index (χ2n) is 11.0. The molecule has 3 aromatic rings. The normalized spacial score (nSPS) is 16.0. The van der Waals surface area contributed by atoms with E-state index in [-0.39, 0.29) is 47.7 Å². The molecular formula is C29H32ClF3N2O5S. The first kappa shape index (κ1) is 31.1. The third-order valence-corrected chi connectivity index (χ3v) is 9.25. The van der Waals surface area contributed by atoms with Gasteiger partial charge in [-0.15, -0.1) is 0 Å². The van der Waals surface area contributed by atoms with Crippen molar-refractivity contribution < 1.29 is 30.7 Å². The van der Waals surface area contributed by atoms with Gasteiger partial charge in [-0.25, -0.2) is 8.42 Å². The molecule has 0 atom stereocenters. The van der Waals surface area contributed by atoms with Gasteiger partial charge >= 0.3 is 6.18 Å². The van der Waals surface area contributed by atoms with E-state index in [0.29, 0.717) is 37.4 Å². The lowest BCUT2D eigenvalue weighted by molar-refractivity contribution is -0.137. The van der Waals surface area contributed by atoms with Crippen LogP contribution in [0, 0.1) is 0 Å². The van der Waals surface area contributed by atoms with Gasteiger partial charge in [-0.3, -0.25) is 9.69 Å². The number of rotatable bonds is 7. The van der Waals surface area contributed by atoms with Crippen LogP contribution in [-0.2, 0) is 34.8 Å². The third kappa shape index (κ3) is 7.71. The maximum Gasteiger partial charge on any atom is 0.416 e. The van der Waals surface area contributed by atoms with E-state index in [1.165, 1.54) is 22.2 Å². The highest BCUT2D eigenvalue weighted by Gasteiger charge is 2.34. The topological polar surface area (TPSA) is 80.1 Å². The summed E-state index contributed by atoms with van der Waals surface area (Å²) in [6, 6.07) is 11.6. The second-order valence-corrected chi connectivity index (χ2v) is 13.3. The first-order chi connectivity index (χ1) is 19.1. The number of ether oxygens (including phenoxy) is 1. The van der Waals surface area contributed by atoms with Gasteiger partial charge in [0.05, 0.1) is 17.1 Å². The van der Waals surface area contributed by atoms with Gasteiger partial charge in [0.25, 0.3) is 0 Å². The number of nitrogens with zero attached hydrogens (tertiary/aromatic N) is 2. The van der Waals surface area contributed by atoms with E-state index in [0.717, 1.165) is 11.6 Å². The van der Waals surface area contributed by atoms with Gasteiger partial charge < -0.3 is 9.15 Å². The second kappa shape index (κ2) is 12.2. The average molecular weight is 613 g/mol. The molecule has 4 rings (SSSR count). The fourth-order valence-electron chi connectivity index (χ4n) is 4.48. The summed E-state index contributed by atoms with van der Waals surface area (Å²) in [7, 11) is -4.11. The molecule has 0 aliphatic carbocycles.